The summed E-state index contributed by atoms with van der Waals surface area (Å²) >= 11 is 0. The summed E-state index contributed by atoms with van der Waals surface area (Å²) in [4.78, 5) is 0. The summed E-state index contributed by atoms with van der Waals surface area (Å²) in [6, 6.07) is 15.5. The molecule has 2 aliphatic rings. The molecule has 5 heteroatoms. The molecule has 34 heavy (non-hydrogen) atoms. The van der Waals surface area contributed by atoms with Gasteiger partial charge in [-0.05, 0) is 66.3 Å². The maximum atomic E-state index is 15.0. The molecular weight excluding hydrogens is 437 g/mol. The van der Waals surface area contributed by atoms with E-state index in [2.05, 4.69) is 6.58 Å². The molecule has 1 aliphatic carbocycles. The average molecular weight is 465 g/mol. The summed E-state index contributed by atoms with van der Waals surface area (Å²) in [6.07, 6.45) is 4.83. The van der Waals surface area contributed by atoms with Gasteiger partial charge in [-0.15, -0.1) is 0 Å². The van der Waals surface area contributed by atoms with Gasteiger partial charge in [0.25, 0.3) is 0 Å². The number of hydrogen-bond donors (Lipinski definition) is 0. The normalized spacial score (nSPS) is 21.8. The number of rotatable bonds is 7. The average Bonchev–Trinajstić information content (AvgIpc) is 3.70. The molecule has 1 heterocycles. The minimum atomic E-state index is -0.795. The van der Waals surface area contributed by atoms with Crippen LogP contribution in [0.15, 0.2) is 61.2 Å². The molecule has 0 aromatic heterocycles. The summed E-state index contributed by atoms with van der Waals surface area (Å²) in [6.45, 7) is 4.77. The van der Waals surface area contributed by atoms with Crippen LogP contribution in [-0.2, 0) is 4.74 Å². The van der Waals surface area contributed by atoms with Crippen LogP contribution in [0.5, 0.6) is 5.75 Å². The van der Waals surface area contributed by atoms with Gasteiger partial charge in [0.15, 0.2) is 11.6 Å². The predicted octanol–water partition coefficient (Wildman–Crippen LogP) is 7.84. The van der Waals surface area contributed by atoms with Gasteiger partial charge in [-0.1, -0.05) is 49.1 Å². The van der Waals surface area contributed by atoms with E-state index in [1.165, 1.54) is 6.07 Å². The van der Waals surface area contributed by atoms with Gasteiger partial charge in [0, 0.05) is 17.2 Å². The number of halogens is 3. The Hall–Kier alpha value is -3.05. The zero-order valence-electron chi connectivity index (χ0n) is 18.9. The van der Waals surface area contributed by atoms with Crippen molar-refractivity contribution in [1.82, 2.24) is 0 Å². The quantitative estimate of drug-likeness (QED) is 0.332. The molecule has 1 aliphatic heterocycles. The Morgan fingerprint density at radius 2 is 1.59 bits per heavy atom. The second-order valence-corrected chi connectivity index (χ2v) is 9.19. The van der Waals surface area contributed by atoms with E-state index in [0.717, 1.165) is 31.2 Å². The molecule has 3 aromatic carbocycles. The van der Waals surface area contributed by atoms with Gasteiger partial charge in [0.05, 0.1) is 13.2 Å². The smallest absolute Gasteiger partial charge is 0.166 e. The number of benzene rings is 3. The van der Waals surface area contributed by atoms with Crippen LogP contribution in [0.3, 0.4) is 0 Å². The molecule has 1 saturated heterocycles. The highest BCUT2D eigenvalue weighted by Gasteiger charge is 2.29. The van der Waals surface area contributed by atoms with Crippen molar-refractivity contribution >= 4 is 6.08 Å². The van der Waals surface area contributed by atoms with Crippen LogP contribution < -0.4 is 4.74 Å². The van der Waals surface area contributed by atoms with Crippen molar-refractivity contribution in [3.63, 3.8) is 0 Å². The summed E-state index contributed by atoms with van der Waals surface area (Å²) in [5.74, 6) is -1.05. The van der Waals surface area contributed by atoms with Gasteiger partial charge in [-0.2, -0.15) is 0 Å². The van der Waals surface area contributed by atoms with Gasteiger partial charge in [0.2, 0.25) is 0 Å². The molecule has 1 atom stereocenters. The van der Waals surface area contributed by atoms with E-state index in [1.807, 2.05) is 12.1 Å². The third-order valence-corrected chi connectivity index (χ3v) is 6.99. The minimum Gasteiger partial charge on any atom is -0.493 e. The molecule has 0 radical (unpaired) electrons. The van der Waals surface area contributed by atoms with Crippen LogP contribution >= 0.6 is 0 Å². The minimum absolute atomic E-state index is 0.0155. The third kappa shape index (κ3) is 4.76. The van der Waals surface area contributed by atoms with Crippen molar-refractivity contribution in [1.29, 1.82) is 0 Å². The maximum absolute atomic E-state index is 15.0. The zero-order valence-corrected chi connectivity index (χ0v) is 18.9. The molecule has 176 valence electrons. The highest BCUT2D eigenvalue weighted by Crippen LogP contribution is 2.39. The fourth-order valence-electron chi connectivity index (χ4n) is 4.84. The first-order valence-corrected chi connectivity index (χ1v) is 11.8. The van der Waals surface area contributed by atoms with Gasteiger partial charge >= 0.3 is 0 Å². The summed E-state index contributed by atoms with van der Waals surface area (Å²) in [5, 5.41) is 0. The van der Waals surface area contributed by atoms with Crippen molar-refractivity contribution in [2.24, 2.45) is 5.92 Å². The molecule has 5 rings (SSSR count). The molecule has 3 aromatic rings. The molecule has 0 N–H and O–H groups in total. The lowest BCUT2D eigenvalue weighted by atomic mass is 9.78. The number of hydrogen-bond acceptors (Lipinski definition) is 2. The SMILES string of the molecule is C=Cc1ccc(-c2ccc(C3CCC(COc4ccc(C5CO5)c(F)c4)CC3)c(F)c2F)cc1. The second-order valence-electron chi connectivity index (χ2n) is 9.19. The van der Waals surface area contributed by atoms with E-state index in [0.29, 0.717) is 41.6 Å². The number of epoxide rings is 1. The van der Waals surface area contributed by atoms with Crippen LogP contribution in [0, 0.1) is 23.4 Å². The fraction of sp³-hybridized carbons (Fsp3) is 0.310. The molecule has 1 saturated carbocycles. The summed E-state index contributed by atoms with van der Waals surface area (Å²) in [7, 11) is 0. The van der Waals surface area contributed by atoms with Crippen LogP contribution in [0.25, 0.3) is 17.2 Å². The van der Waals surface area contributed by atoms with Crippen LogP contribution in [0.1, 0.15) is 54.4 Å². The van der Waals surface area contributed by atoms with Gasteiger partial charge in [0.1, 0.15) is 17.7 Å². The Morgan fingerprint density at radius 1 is 0.882 bits per heavy atom. The molecule has 0 amide bonds. The monoisotopic (exact) mass is 464 g/mol. The Morgan fingerprint density at radius 3 is 2.24 bits per heavy atom. The Labute approximate surface area is 198 Å². The standard InChI is InChI=1S/C29H27F3O2/c1-2-18-3-7-20(8-4-18)23-13-14-24(29(32)28(23)31)21-9-5-19(6-10-21)16-33-22-11-12-25(26(30)15-22)27-17-34-27/h2-4,7-8,11-15,19,21,27H,1,5-6,9-10,16-17H2. The first-order chi connectivity index (χ1) is 16.5. The van der Waals surface area contributed by atoms with E-state index in [-0.39, 0.29) is 23.4 Å². The van der Waals surface area contributed by atoms with Crippen LogP contribution in [0.2, 0.25) is 0 Å². The van der Waals surface area contributed by atoms with E-state index < -0.39 is 11.6 Å². The molecule has 0 bridgehead atoms. The predicted molar refractivity (Wildman–Crippen MR) is 127 cm³/mol. The first-order valence-electron chi connectivity index (χ1n) is 11.8. The molecule has 2 fully saturated rings. The van der Waals surface area contributed by atoms with Crippen molar-refractivity contribution in [2.45, 2.75) is 37.7 Å². The van der Waals surface area contributed by atoms with Gasteiger partial charge in [-0.3, -0.25) is 0 Å². The highest BCUT2D eigenvalue weighted by atomic mass is 19.2. The summed E-state index contributed by atoms with van der Waals surface area (Å²) < 4.78 is 55.1. The van der Waals surface area contributed by atoms with Crippen molar-refractivity contribution in [3.8, 4) is 16.9 Å². The molecule has 0 spiro atoms. The Balaban J connectivity index is 1.19. The first kappa shape index (κ1) is 22.7. The lowest BCUT2D eigenvalue weighted by Crippen LogP contribution is -2.20. The van der Waals surface area contributed by atoms with Gasteiger partial charge < -0.3 is 9.47 Å². The maximum Gasteiger partial charge on any atom is 0.166 e. The molecule has 1 unspecified atom stereocenters. The molecular formula is C29H27F3O2. The van der Waals surface area contributed by atoms with E-state index in [9.17, 15) is 8.78 Å². The highest BCUT2D eigenvalue weighted by molar-refractivity contribution is 5.66. The lowest BCUT2D eigenvalue weighted by molar-refractivity contribution is 0.198. The van der Waals surface area contributed by atoms with E-state index in [1.54, 1.807) is 42.5 Å². The fourth-order valence-corrected chi connectivity index (χ4v) is 4.84. The molecule has 2 nitrogen and oxygen atoms in total. The van der Waals surface area contributed by atoms with Crippen molar-refractivity contribution in [2.75, 3.05) is 13.2 Å². The van der Waals surface area contributed by atoms with Crippen molar-refractivity contribution in [3.05, 3.63) is 95.3 Å². The van der Waals surface area contributed by atoms with Crippen LogP contribution in [-0.4, -0.2) is 13.2 Å². The van der Waals surface area contributed by atoms with E-state index >= 15 is 4.39 Å². The Kier molecular flexibility index (Phi) is 6.46. The zero-order chi connectivity index (χ0) is 23.7. The van der Waals surface area contributed by atoms with E-state index in [4.69, 9.17) is 9.47 Å². The van der Waals surface area contributed by atoms with Gasteiger partial charge in [-0.25, -0.2) is 13.2 Å². The topological polar surface area (TPSA) is 21.8 Å². The second kappa shape index (κ2) is 9.67. The summed E-state index contributed by atoms with van der Waals surface area (Å²) in [5.41, 5.74) is 2.86. The van der Waals surface area contributed by atoms with Crippen molar-refractivity contribution < 1.29 is 22.6 Å². The largest absolute Gasteiger partial charge is 0.493 e. The number of ether oxygens (including phenoxy) is 2. The third-order valence-electron chi connectivity index (χ3n) is 6.99. The van der Waals surface area contributed by atoms with Crippen LogP contribution in [0.4, 0.5) is 13.2 Å². The Bertz CT molecular complexity index is 1180. The lowest BCUT2D eigenvalue weighted by Gasteiger charge is -2.29.